The van der Waals surface area contributed by atoms with Gasteiger partial charge in [0.2, 0.25) is 0 Å². The van der Waals surface area contributed by atoms with Gasteiger partial charge in [0.1, 0.15) is 0 Å². The lowest BCUT2D eigenvalue weighted by Crippen LogP contribution is -2.16. The van der Waals surface area contributed by atoms with Crippen LogP contribution in [-0.2, 0) is 4.74 Å². The summed E-state index contributed by atoms with van der Waals surface area (Å²) in [5.41, 5.74) is 14.5. The summed E-state index contributed by atoms with van der Waals surface area (Å²) >= 11 is 0. The van der Waals surface area contributed by atoms with E-state index in [1.807, 2.05) is 25.1 Å². The molecule has 3 nitrogen and oxygen atoms in total. The molecule has 1 atom stereocenters. The van der Waals surface area contributed by atoms with E-state index in [0.717, 1.165) is 16.8 Å². The predicted octanol–water partition coefficient (Wildman–Crippen LogP) is 1.22. The third kappa shape index (κ3) is 2.72. The van der Waals surface area contributed by atoms with Gasteiger partial charge in [-0.3, -0.25) is 0 Å². The van der Waals surface area contributed by atoms with Gasteiger partial charge in [0.15, 0.2) is 0 Å². The van der Waals surface area contributed by atoms with Crippen molar-refractivity contribution in [1.82, 2.24) is 0 Å². The Bertz CT molecular complexity index is 266. The van der Waals surface area contributed by atoms with E-state index in [1.54, 1.807) is 7.11 Å². The second-order valence-electron chi connectivity index (χ2n) is 3.24. The maximum atomic E-state index is 5.86. The maximum absolute atomic E-state index is 5.86. The van der Waals surface area contributed by atoms with Crippen molar-refractivity contribution < 1.29 is 4.74 Å². The smallest absolute Gasteiger partial charge is 0.0655 e. The van der Waals surface area contributed by atoms with E-state index in [2.05, 4.69) is 0 Å². The Kier molecular flexibility index (Phi) is 3.28. The third-order valence-corrected chi connectivity index (χ3v) is 1.90. The van der Waals surface area contributed by atoms with Crippen molar-refractivity contribution >= 4 is 5.69 Å². The minimum atomic E-state index is -0.0906. The van der Waals surface area contributed by atoms with Crippen LogP contribution in [0.4, 0.5) is 5.69 Å². The number of nitrogen functional groups attached to an aromatic ring is 1. The zero-order chi connectivity index (χ0) is 9.84. The highest BCUT2D eigenvalue weighted by Crippen LogP contribution is 2.16. The first kappa shape index (κ1) is 10.0. The van der Waals surface area contributed by atoms with Gasteiger partial charge in [-0.25, -0.2) is 0 Å². The van der Waals surface area contributed by atoms with Crippen LogP contribution in [0, 0.1) is 6.92 Å². The lowest BCUT2D eigenvalue weighted by molar-refractivity contribution is 0.181. The summed E-state index contributed by atoms with van der Waals surface area (Å²) in [6.45, 7) is 2.52. The second-order valence-corrected chi connectivity index (χ2v) is 3.24. The van der Waals surface area contributed by atoms with Crippen molar-refractivity contribution in [1.29, 1.82) is 0 Å². The summed E-state index contributed by atoms with van der Waals surface area (Å²) in [5, 5.41) is 0. The van der Waals surface area contributed by atoms with Gasteiger partial charge in [-0.05, 0) is 30.2 Å². The Hall–Kier alpha value is -1.06. The van der Waals surface area contributed by atoms with Crippen molar-refractivity contribution in [2.24, 2.45) is 5.73 Å². The van der Waals surface area contributed by atoms with E-state index in [9.17, 15) is 0 Å². The molecule has 13 heavy (non-hydrogen) atoms. The molecular weight excluding hydrogens is 164 g/mol. The molecule has 1 aromatic carbocycles. The number of nitrogens with two attached hydrogens (primary N) is 2. The number of hydrogen-bond acceptors (Lipinski definition) is 3. The van der Waals surface area contributed by atoms with Crippen molar-refractivity contribution in [2.45, 2.75) is 13.0 Å². The Morgan fingerprint density at radius 3 is 2.62 bits per heavy atom. The molecule has 0 heterocycles. The third-order valence-electron chi connectivity index (χ3n) is 1.90. The number of methoxy groups -OCH3 is 1. The van der Waals surface area contributed by atoms with E-state index >= 15 is 0 Å². The van der Waals surface area contributed by atoms with Crippen LogP contribution in [-0.4, -0.2) is 13.7 Å². The molecule has 0 saturated heterocycles. The van der Waals surface area contributed by atoms with E-state index in [-0.39, 0.29) is 6.04 Å². The van der Waals surface area contributed by atoms with Gasteiger partial charge >= 0.3 is 0 Å². The van der Waals surface area contributed by atoms with Crippen molar-refractivity contribution in [3.05, 3.63) is 29.3 Å². The molecule has 3 heteroatoms. The van der Waals surface area contributed by atoms with Crippen LogP contribution < -0.4 is 11.5 Å². The highest BCUT2D eigenvalue weighted by Gasteiger charge is 2.05. The normalized spacial score (nSPS) is 12.8. The molecule has 0 aliphatic carbocycles. The predicted molar refractivity (Wildman–Crippen MR) is 54.4 cm³/mol. The minimum absolute atomic E-state index is 0.0906. The fourth-order valence-corrected chi connectivity index (χ4v) is 1.33. The fourth-order valence-electron chi connectivity index (χ4n) is 1.33. The molecule has 0 unspecified atom stereocenters. The van der Waals surface area contributed by atoms with Crippen molar-refractivity contribution in [3.8, 4) is 0 Å². The average molecular weight is 180 g/mol. The molecule has 0 aromatic heterocycles. The molecule has 0 radical (unpaired) electrons. The Morgan fingerprint density at radius 1 is 1.38 bits per heavy atom. The number of hydrogen-bond donors (Lipinski definition) is 2. The summed E-state index contributed by atoms with van der Waals surface area (Å²) in [5.74, 6) is 0. The lowest BCUT2D eigenvalue weighted by Gasteiger charge is -2.12. The zero-order valence-electron chi connectivity index (χ0n) is 8.08. The zero-order valence-corrected chi connectivity index (χ0v) is 8.08. The first-order chi connectivity index (χ1) is 6.13. The molecule has 0 bridgehead atoms. The molecule has 0 aliphatic rings. The number of aryl methyl sites for hydroxylation is 1. The molecular formula is C10H16N2O. The van der Waals surface area contributed by atoms with E-state index < -0.39 is 0 Å². The lowest BCUT2D eigenvalue weighted by atomic mass is 10.0. The summed E-state index contributed by atoms with van der Waals surface area (Å²) in [6, 6.07) is 5.74. The largest absolute Gasteiger partial charge is 0.399 e. The number of rotatable bonds is 3. The Balaban J connectivity index is 2.87. The van der Waals surface area contributed by atoms with Gasteiger partial charge in [0.05, 0.1) is 12.6 Å². The van der Waals surface area contributed by atoms with Crippen LogP contribution in [0.2, 0.25) is 0 Å². The maximum Gasteiger partial charge on any atom is 0.0655 e. The highest BCUT2D eigenvalue weighted by atomic mass is 16.5. The molecule has 0 aliphatic heterocycles. The fraction of sp³-hybridized carbons (Fsp3) is 0.400. The van der Waals surface area contributed by atoms with Gasteiger partial charge in [-0.1, -0.05) is 6.07 Å². The monoisotopic (exact) mass is 180 g/mol. The first-order valence-electron chi connectivity index (χ1n) is 4.25. The topological polar surface area (TPSA) is 61.3 Å². The highest BCUT2D eigenvalue weighted by molar-refractivity contribution is 5.45. The van der Waals surface area contributed by atoms with Crippen LogP contribution in [0.3, 0.4) is 0 Å². The number of anilines is 1. The number of benzene rings is 1. The van der Waals surface area contributed by atoms with Gasteiger partial charge in [0, 0.05) is 12.8 Å². The van der Waals surface area contributed by atoms with E-state index in [1.165, 1.54) is 0 Å². The first-order valence-corrected chi connectivity index (χ1v) is 4.25. The molecule has 0 saturated carbocycles. The van der Waals surface area contributed by atoms with Crippen LogP contribution in [0.15, 0.2) is 18.2 Å². The minimum Gasteiger partial charge on any atom is -0.399 e. The summed E-state index contributed by atoms with van der Waals surface area (Å²) in [6.07, 6.45) is 0. The van der Waals surface area contributed by atoms with E-state index in [0.29, 0.717) is 6.61 Å². The standard InChI is InChI=1S/C10H16N2O/c1-7-3-8(5-9(11)4-7)10(12)6-13-2/h3-5,10H,6,11-12H2,1-2H3/t10-/m1/s1. The van der Waals surface area contributed by atoms with Crippen molar-refractivity contribution in [3.63, 3.8) is 0 Å². The van der Waals surface area contributed by atoms with Gasteiger partial charge in [-0.15, -0.1) is 0 Å². The molecule has 4 N–H and O–H groups in total. The quantitative estimate of drug-likeness (QED) is 0.687. The van der Waals surface area contributed by atoms with Gasteiger partial charge in [0.25, 0.3) is 0 Å². The summed E-state index contributed by atoms with van der Waals surface area (Å²) < 4.78 is 4.97. The van der Waals surface area contributed by atoms with Gasteiger partial charge in [-0.2, -0.15) is 0 Å². The Morgan fingerprint density at radius 2 is 2.08 bits per heavy atom. The van der Waals surface area contributed by atoms with Crippen molar-refractivity contribution in [2.75, 3.05) is 19.5 Å². The molecule has 0 fully saturated rings. The second kappa shape index (κ2) is 4.25. The van der Waals surface area contributed by atoms with E-state index in [4.69, 9.17) is 16.2 Å². The molecule has 1 rings (SSSR count). The molecule has 1 aromatic rings. The van der Waals surface area contributed by atoms with Crippen LogP contribution in [0.1, 0.15) is 17.2 Å². The SMILES string of the molecule is COC[C@@H](N)c1cc(C)cc(N)c1. The summed E-state index contributed by atoms with van der Waals surface area (Å²) in [7, 11) is 1.64. The molecule has 72 valence electrons. The summed E-state index contributed by atoms with van der Waals surface area (Å²) in [4.78, 5) is 0. The molecule has 0 amide bonds. The van der Waals surface area contributed by atoms with Crippen LogP contribution in [0.5, 0.6) is 0 Å². The molecule has 0 spiro atoms. The average Bonchev–Trinajstić information content (AvgIpc) is 2.03. The van der Waals surface area contributed by atoms with Crippen LogP contribution in [0.25, 0.3) is 0 Å². The van der Waals surface area contributed by atoms with Crippen LogP contribution >= 0.6 is 0 Å². The Labute approximate surface area is 78.7 Å². The number of ether oxygens (including phenoxy) is 1. The van der Waals surface area contributed by atoms with Gasteiger partial charge < -0.3 is 16.2 Å².